The van der Waals surface area contributed by atoms with Gasteiger partial charge in [0.05, 0.1) is 5.54 Å². The maximum absolute atomic E-state index is 11.2. The molecule has 1 saturated carbocycles. The predicted molar refractivity (Wildman–Crippen MR) is 97.9 cm³/mol. The lowest BCUT2D eigenvalue weighted by atomic mass is 9.81. The number of amides is 1. The Morgan fingerprint density at radius 3 is 2.36 bits per heavy atom. The molecule has 1 fully saturated rings. The molecule has 4 heteroatoms. The topological polar surface area (TPSA) is 58.6 Å². The van der Waals surface area contributed by atoms with Crippen molar-refractivity contribution in [1.82, 2.24) is 5.32 Å². The van der Waals surface area contributed by atoms with Gasteiger partial charge in [0.1, 0.15) is 12.4 Å². The van der Waals surface area contributed by atoms with Crippen LogP contribution in [0.4, 0.5) is 4.79 Å². The van der Waals surface area contributed by atoms with Crippen LogP contribution in [0.3, 0.4) is 0 Å². The third-order valence-electron chi connectivity index (χ3n) is 5.16. The maximum atomic E-state index is 11.2. The Kier molecular flexibility index (Phi) is 4.46. The smallest absolute Gasteiger partial charge is 0.405 e. The first-order chi connectivity index (χ1) is 11.8. The van der Waals surface area contributed by atoms with E-state index >= 15 is 0 Å². The summed E-state index contributed by atoms with van der Waals surface area (Å²) in [6.45, 7) is 6.79. The minimum absolute atomic E-state index is 0.140. The zero-order chi connectivity index (χ0) is 18.1. The summed E-state index contributed by atoms with van der Waals surface area (Å²) in [7, 11) is 0. The van der Waals surface area contributed by atoms with Crippen molar-refractivity contribution in [3.8, 4) is 5.75 Å². The summed E-state index contributed by atoms with van der Waals surface area (Å²) in [4.78, 5) is 11.2. The van der Waals surface area contributed by atoms with Crippen LogP contribution in [-0.4, -0.2) is 16.7 Å². The average Bonchev–Trinajstić information content (AvgIpc) is 3.29. The normalized spacial score (nSPS) is 22.3. The average molecular weight is 339 g/mol. The highest BCUT2D eigenvalue weighted by molar-refractivity contribution is 5.67. The van der Waals surface area contributed by atoms with Crippen LogP contribution in [0.5, 0.6) is 5.75 Å². The third-order valence-corrected chi connectivity index (χ3v) is 5.16. The van der Waals surface area contributed by atoms with E-state index in [1.807, 2.05) is 54.6 Å². The molecule has 0 spiro atoms. The van der Waals surface area contributed by atoms with E-state index in [1.165, 1.54) is 0 Å². The van der Waals surface area contributed by atoms with Crippen molar-refractivity contribution in [3.63, 3.8) is 0 Å². The summed E-state index contributed by atoms with van der Waals surface area (Å²) in [5.41, 5.74) is 1.74. The molecular formula is C21H25NO3. The zero-order valence-electron chi connectivity index (χ0n) is 15.0. The van der Waals surface area contributed by atoms with E-state index < -0.39 is 11.6 Å². The van der Waals surface area contributed by atoms with E-state index in [9.17, 15) is 9.90 Å². The molecule has 0 radical (unpaired) electrons. The molecule has 1 aliphatic rings. The van der Waals surface area contributed by atoms with E-state index in [4.69, 9.17) is 4.74 Å². The van der Waals surface area contributed by atoms with Gasteiger partial charge < -0.3 is 15.2 Å². The van der Waals surface area contributed by atoms with Crippen LogP contribution in [0.1, 0.15) is 44.2 Å². The highest BCUT2D eigenvalue weighted by Crippen LogP contribution is 2.60. The van der Waals surface area contributed by atoms with E-state index in [0.717, 1.165) is 23.3 Å². The molecule has 2 N–H and O–H groups in total. The van der Waals surface area contributed by atoms with Gasteiger partial charge in [-0.25, -0.2) is 4.79 Å². The number of hydrogen-bond acceptors (Lipinski definition) is 2. The summed E-state index contributed by atoms with van der Waals surface area (Å²) in [6.07, 6.45) is -0.132. The van der Waals surface area contributed by atoms with Gasteiger partial charge in [0.15, 0.2) is 0 Å². The maximum Gasteiger partial charge on any atom is 0.405 e. The second-order valence-corrected chi connectivity index (χ2v) is 7.75. The molecule has 1 aliphatic carbocycles. The Morgan fingerprint density at radius 2 is 1.80 bits per heavy atom. The van der Waals surface area contributed by atoms with Gasteiger partial charge in [-0.15, -0.1) is 0 Å². The molecule has 0 heterocycles. The highest BCUT2D eigenvalue weighted by atomic mass is 16.5. The van der Waals surface area contributed by atoms with Crippen molar-refractivity contribution in [2.24, 2.45) is 5.41 Å². The molecule has 1 amide bonds. The molecule has 4 nitrogen and oxygen atoms in total. The number of hydrogen-bond donors (Lipinski definition) is 2. The second kappa shape index (κ2) is 6.43. The fourth-order valence-electron chi connectivity index (χ4n) is 3.55. The van der Waals surface area contributed by atoms with Crippen LogP contribution in [-0.2, 0) is 6.61 Å². The van der Waals surface area contributed by atoms with Crippen LogP contribution in [0.25, 0.3) is 0 Å². The monoisotopic (exact) mass is 339 g/mol. The fraction of sp³-hybridized carbons (Fsp3) is 0.381. The summed E-state index contributed by atoms with van der Waals surface area (Å²) >= 11 is 0. The minimum Gasteiger partial charge on any atom is -0.489 e. The van der Waals surface area contributed by atoms with Crippen LogP contribution >= 0.6 is 0 Å². The largest absolute Gasteiger partial charge is 0.489 e. The number of nitrogens with one attached hydrogen (secondary N) is 1. The van der Waals surface area contributed by atoms with E-state index in [0.29, 0.717) is 6.61 Å². The number of carboxylic acid groups (broad SMARTS) is 1. The van der Waals surface area contributed by atoms with Crippen LogP contribution in [0, 0.1) is 5.41 Å². The molecule has 2 aromatic rings. The minimum atomic E-state index is -0.958. The van der Waals surface area contributed by atoms with E-state index in [2.05, 4.69) is 26.1 Å². The lowest BCUT2D eigenvalue weighted by Crippen LogP contribution is -2.47. The molecule has 25 heavy (non-hydrogen) atoms. The predicted octanol–water partition coefficient (Wildman–Crippen LogP) is 4.81. The molecule has 0 aromatic heterocycles. The molecular weight excluding hydrogens is 314 g/mol. The number of benzene rings is 2. The Labute approximate surface area is 148 Å². The Bertz CT molecular complexity index is 734. The summed E-state index contributed by atoms with van der Waals surface area (Å²) in [6, 6.07) is 18.1. The molecule has 3 rings (SSSR count). The molecule has 0 bridgehead atoms. The zero-order valence-corrected chi connectivity index (χ0v) is 15.0. The van der Waals surface area contributed by atoms with Crippen LogP contribution in [0.2, 0.25) is 0 Å². The van der Waals surface area contributed by atoms with Gasteiger partial charge in [0.25, 0.3) is 0 Å². The van der Waals surface area contributed by atoms with Gasteiger partial charge in [0, 0.05) is 5.92 Å². The fourth-order valence-corrected chi connectivity index (χ4v) is 3.55. The van der Waals surface area contributed by atoms with Gasteiger partial charge >= 0.3 is 6.09 Å². The summed E-state index contributed by atoms with van der Waals surface area (Å²) in [5.74, 6) is 1.02. The first kappa shape index (κ1) is 17.3. The van der Waals surface area contributed by atoms with Crippen molar-refractivity contribution < 1.29 is 14.6 Å². The van der Waals surface area contributed by atoms with Crippen molar-refractivity contribution >= 4 is 6.09 Å². The molecule has 132 valence electrons. The van der Waals surface area contributed by atoms with Gasteiger partial charge in [-0.05, 0) is 35.1 Å². The summed E-state index contributed by atoms with van der Waals surface area (Å²) < 4.78 is 5.82. The molecule has 0 aliphatic heterocycles. The molecule has 2 unspecified atom stereocenters. The molecule has 2 atom stereocenters. The lowest BCUT2D eigenvalue weighted by molar-refractivity contribution is 0.167. The van der Waals surface area contributed by atoms with Crippen LogP contribution < -0.4 is 10.1 Å². The number of ether oxygens (including phenoxy) is 1. The quantitative estimate of drug-likeness (QED) is 0.822. The van der Waals surface area contributed by atoms with Crippen LogP contribution in [0.15, 0.2) is 54.6 Å². The van der Waals surface area contributed by atoms with Gasteiger partial charge in [-0.1, -0.05) is 63.2 Å². The van der Waals surface area contributed by atoms with Gasteiger partial charge in [0.2, 0.25) is 0 Å². The second-order valence-electron chi connectivity index (χ2n) is 7.75. The van der Waals surface area contributed by atoms with Crippen molar-refractivity contribution in [2.75, 3.05) is 0 Å². The standard InChI is InChI=1S/C21H25NO3/c1-20(2,3)21(22-19(23)24)13-18(21)16-9-11-17(12-10-16)25-14-15-7-5-4-6-8-15/h4-12,18,22H,13-14H2,1-3H3,(H,23,24). The first-order valence-corrected chi connectivity index (χ1v) is 8.60. The Balaban J connectivity index is 1.67. The molecule has 2 aromatic carbocycles. The third kappa shape index (κ3) is 3.63. The van der Waals surface area contributed by atoms with Crippen molar-refractivity contribution in [3.05, 3.63) is 65.7 Å². The number of rotatable bonds is 5. The Hall–Kier alpha value is -2.49. The van der Waals surface area contributed by atoms with Crippen molar-refractivity contribution in [2.45, 2.75) is 45.3 Å². The summed E-state index contributed by atoms with van der Waals surface area (Å²) in [5, 5.41) is 12.0. The SMILES string of the molecule is CC(C)(C)C1(NC(=O)O)CC1c1ccc(OCc2ccccc2)cc1. The van der Waals surface area contributed by atoms with Crippen molar-refractivity contribution in [1.29, 1.82) is 0 Å². The lowest BCUT2D eigenvalue weighted by Gasteiger charge is -2.32. The van der Waals surface area contributed by atoms with Gasteiger partial charge in [-0.3, -0.25) is 0 Å². The van der Waals surface area contributed by atoms with E-state index in [1.54, 1.807) is 0 Å². The van der Waals surface area contributed by atoms with Gasteiger partial charge in [-0.2, -0.15) is 0 Å². The number of carbonyl (C=O) groups is 1. The van der Waals surface area contributed by atoms with E-state index in [-0.39, 0.29) is 11.3 Å². The highest BCUT2D eigenvalue weighted by Gasteiger charge is 2.62. The Morgan fingerprint density at radius 1 is 1.16 bits per heavy atom. The molecule has 0 saturated heterocycles. The first-order valence-electron chi connectivity index (χ1n) is 8.60.